The van der Waals surface area contributed by atoms with Gasteiger partial charge < -0.3 is 5.32 Å². The Hall–Kier alpha value is -0.900. The van der Waals surface area contributed by atoms with E-state index in [1.54, 1.807) is 12.3 Å². The second-order valence-electron chi connectivity index (χ2n) is 5.32. The highest BCUT2D eigenvalue weighted by atomic mass is 79.9. The fourth-order valence-electron chi connectivity index (χ4n) is 1.46. The monoisotopic (exact) mass is 298 g/mol. The molecule has 17 heavy (non-hydrogen) atoms. The van der Waals surface area contributed by atoms with Crippen LogP contribution in [0.3, 0.4) is 0 Å². The smallest absolute Gasteiger partial charge is 0.225 e. The molecule has 1 aromatic rings. The molecule has 1 aromatic heterocycles. The first-order valence-corrected chi connectivity index (χ1v) is 6.57. The molecule has 0 aliphatic rings. The van der Waals surface area contributed by atoms with Gasteiger partial charge in [0.25, 0.3) is 0 Å². The van der Waals surface area contributed by atoms with E-state index in [1.807, 2.05) is 6.07 Å². The molecule has 94 valence electrons. The van der Waals surface area contributed by atoms with Crippen molar-refractivity contribution in [2.24, 2.45) is 5.41 Å². The van der Waals surface area contributed by atoms with Gasteiger partial charge in [-0.15, -0.1) is 0 Å². The lowest BCUT2D eigenvalue weighted by Crippen LogP contribution is -2.13. The number of carbonyl (C=O) groups is 1. The Morgan fingerprint density at radius 2 is 2.18 bits per heavy atom. The highest BCUT2D eigenvalue weighted by Gasteiger charge is 2.11. The van der Waals surface area contributed by atoms with Crippen LogP contribution in [0.1, 0.15) is 40.0 Å². The van der Waals surface area contributed by atoms with Gasteiger partial charge in [0, 0.05) is 17.1 Å². The van der Waals surface area contributed by atoms with E-state index in [9.17, 15) is 4.79 Å². The lowest BCUT2D eigenvalue weighted by molar-refractivity contribution is -0.116. The molecule has 3 nitrogen and oxygen atoms in total. The number of anilines is 1. The van der Waals surface area contributed by atoms with Crippen LogP contribution in [0, 0.1) is 5.41 Å². The van der Waals surface area contributed by atoms with Gasteiger partial charge in [0.1, 0.15) is 5.82 Å². The maximum Gasteiger partial charge on any atom is 0.225 e. The number of nitrogens with one attached hydrogen (secondary N) is 1. The third-order valence-electron chi connectivity index (χ3n) is 2.32. The lowest BCUT2D eigenvalue weighted by Gasteiger charge is -2.17. The van der Waals surface area contributed by atoms with E-state index >= 15 is 0 Å². The molecule has 0 aliphatic carbocycles. The first kappa shape index (κ1) is 14.2. The van der Waals surface area contributed by atoms with E-state index in [0.717, 1.165) is 17.3 Å². The molecule has 0 atom stereocenters. The minimum Gasteiger partial charge on any atom is -0.311 e. The van der Waals surface area contributed by atoms with Gasteiger partial charge in [-0.05, 0) is 30.4 Å². The van der Waals surface area contributed by atoms with Gasteiger partial charge in [0.2, 0.25) is 5.91 Å². The van der Waals surface area contributed by atoms with E-state index in [1.165, 1.54) is 0 Å². The minimum absolute atomic E-state index is 0.0276. The standard InChI is InChI=1S/C13H19BrN2O/c1-13(2,3)7-4-5-12(17)16-11-9-10(14)6-8-15-11/h6,8-9H,4-5,7H2,1-3H3,(H,15,16,17). The molecule has 0 aliphatic heterocycles. The number of nitrogens with zero attached hydrogens (tertiary/aromatic N) is 1. The Labute approximate surface area is 111 Å². The number of rotatable bonds is 4. The molecule has 1 amide bonds. The van der Waals surface area contributed by atoms with Gasteiger partial charge in [-0.1, -0.05) is 36.7 Å². The van der Waals surface area contributed by atoms with Crippen molar-refractivity contribution in [2.75, 3.05) is 5.32 Å². The quantitative estimate of drug-likeness (QED) is 0.913. The summed E-state index contributed by atoms with van der Waals surface area (Å²) in [6.45, 7) is 6.54. The van der Waals surface area contributed by atoms with Gasteiger partial charge >= 0.3 is 0 Å². The number of hydrogen-bond acceptors (Lipinski definition) is 2. The fraction of sp³-hybridized carbons (Fsp3) is 0.538. The second-order valence-corrected chi connectivity index (χ2v) is 6.24. The van der Waals surface area contributed by atoms with Crippen molar-refractivity contribution in [1.29, 1.82) is 0 Å². The molecule has 0 saturated heterocycles. The zero-order valence-corrected chi connectivity index (χ0v) is 12.2. The third-order valence-corrected chi connectivity index (χ3v) is 2.81. The van der Waals surface area contributed by atoms with Crippen LogP contribution in [0.4, 0.5) is 5.82 Å². The van der Waals surface area contributed by atoms with Gasteiger partial charge in [-0.2, -0.15) is 0 Å². The van der Waals surface area contributed by atoms with Crippen molar-refractivity contribution in [3.63, 3.8) is 0 Å². The summed E-state index contributed by atoms with van der Waals surface area (Å²) in [7, 11) is 0. The van der Waals surface area contributed by atoms with E-state index < -0.39 is 0 Å². The molecule has 0 unspecified atom stereocenters. The zero-order valence-electron chi connectivity index (χ0n) is 10.6. The van der Waals surface area contributed by atoms with Crippen LogP contribution in [0.25, 0.3) is 0 Å². The summed E-state index contributed by atoms with van der Waals surface area (Å²) in [5.74, 6) is 0.625. The third kappa shape index (κ3) is 6.41. The van der Waals surface area contributed by atoms with E-state index in [0.29, 0.717) is 12.2 Å². The van der Waals surface area contributed by atoms with Crippen LogP contribution >= 0.6 is 15.9 Å². The first-order chi connectivity index (χ1) is 7.87. The zero-order chi connectivity index (χ0) is 12.9. The van der Waals surface area contributed by atoms with Gasteiger partial charge in [-0.3, -0.25) is 4.79 Å². The maximum atomic E-state index is 11.6. The Kier molecular flexibility index (Phi) is 5.12. The molecule has 0 bridgehead atoms. The fourth-order valence-corrected chi connectivity index (χ4v) is 1.79. The number of aromatic nitrogens is 1. The molecule has 1 heterocycles. The average Bonchev–Trinajstić information content (AvgIpc) is 2.15. The normalized spacial score (nSPS) is 11.3. The van der Waals surface area contributed by atoms with Gasteiger partial charge in [-0.25, -0.2) is 4.98 Å². The van der Waals surface area contributed by atoms with Crippen LogP contribution in [-0.2, 0) is 4.79 Å². The summed E-state index contributed by atoms with van der Waals surface area (Å²) in [6, 6.07) is 3.62. The Bertz CT molecular complexity index is 385. The van der Waals surface area contributed by atoms with Crippen LogP contribution in [0.15, 0.2) is 22.8 Å². The highest BCUT2D eigenvalue weighted by molar-refractivity contribution is 9.10. The Morgan fingerprint density at radius 1 is 1.47 bits per heavy atom. The predicted molar refractivity (Wildman–Crippen MR) is 73.9 cm³/mol. The van der Waals surface area contributed by atoms with Gasteiger partial charge in [0.05, 0.1) is 0 Å². The summed E-state index contributed by atoms with van der Waals surface area (Å²) in [5.41, 5.74) is 0.286. The van der Waals surface area contributed by atoms with Crippen molar-refractivity contribution < 1.29 is 4.79 Å². The lowest BCUT2D eigenvalue weighted by atomic mass is 9.90. The van der Waals surface area contributed by atoms with Crippen molar-refractivity contribution in [3.05, 3.63) is 22.8 Å². The van der Waals surface area contributed by atoms with Crippen molar-refractivity contribution in [1.82, 2.24) is 4.98 Å². The molecule has 0 spiro atoms. The number of carbonyl (C=O) groups excluding carboxylic acids is 1. The molecule has 1 N–H and O–H groups in total. The average molecular weight is 299 g/mol. The summed E-state index contributed by atoms with van der Waals surface area (Å²) in [5, 5.41) is 2.79. The Balaban J connectivity index is 2.35. The topological polar surface area (TPSA) is 42.0 Å². The second kappa shape index (κ2) is 6.15. The molecule has 0 radical (unpaired) electrons. The molecular weight excluding hydrogens is 280 g/mol. The largest absolute Gasteiger partial charge is 0.311 e. The SMILES string of the molecule is CC(C)(C)CCCC(=O)Nc1cc(Br)ccn1. The summed E-state index contributed by atoms with van der Waals surface area (Å²) >= 11 is 3.34. The molecular formula is C13H19BrN2O. The van der Waals surface area contributed by atoms with E-state index in [4.69, 9.17) is 0 Å². The molecule has 1 rings (SSSR count). The number of pyridine rings is 1. The van der Waals surface area contributed by atoms with Crippen LogP contribution in [0.2, 0.25) is 0 Å². The van der Waals surface area contributed by atoms with E-state index in [2.05, 4.69) is 47.0 Å². The molecule has 0 saturated carbocycles. The molecule has 0 aromatic carbocycles. The van der Waals surface area contributed by atoms with Crippen molar-refractivity contribution >= 4 is 27.7 Å². The number of hydrogen-bond donors (Lipinski definition) is 1. The minimum atomic E-state index is 0.0276. The van der Waals surface area contributed by atoms with Crippen molar-refractivity contribution in [3.8, 4) is 0 Å². The first-order valence-electron chi connectivity index (χ1n) is 5.78. The number of amides is 1. The summed E-state index contributed by atoms with van der Waals surface area (Å²) in [6.07, 6.45) is 4.16. The Morgan fingerprint density at radius 3 is 2.76 bits per heavy atom. The maximum absolute atomic E-state index is 11.6. The van der Waals surface area contributed by atoms with E-state index in [-0.39, 0.29) is 11.3 Å². The summed E-state index contributed by atoms with van der Waals surface area (Å²) < 4.78 is 0.914. The van der Waals surface area contributed by atoms with Gasteiger partial charge in [0.15, 0.2) is 0 Å². The predicted octanol–water partition coefficient (Wildman–Crippen LogP) is 4.00. The molecule has 0 fully saturated rings. The van der Waals surface area contributed by atoms with Crippen LogP contribution < -0.4 is 5.32 Å². The number of halogens is 1. The molecule has 4 heteroatoms. The van der Waals surface area contributed by atoms with Crippen molar-refractivity contribution in [2.45, 2.75) is 40.0 Å². The van der Waals surface area contributed by atoms with Crippen LogP contribution in [-0.4, -0.2) is 10.9 Å². The summed E-state index contributed by atoms with van der Waals surface area (Å²) in [4.78, 5) is 15.7. The van der Waals surface area contributed by atoms with Crippen LogP contribution in [0.5, 0.6) is 0 Å². The highest BCUT2D eigenvalue weighted by Crippen LogP contribution is 2.21.